The number of carbonyl (C=O) groups is 1. The first-order chi connectivity index (χ1) is 9.54. The molecule has 0 aliphatic heterocycles. The van der Waals surface area contributed by atoms with Crippen LogP contribution >= 0.6 is 0 Å². The Kier molecular flexibility index (Phi) is 3.70. The minimum atomic E-state index is -0.771. The van der Waals surface area contributed by atoms with E-state index >= 15 is 0 Å². The van der Waals surface area contributed by atoms with Crippen LogP contribution in [-0.2, 0) is 0 Å². The van der Waals surface area contributed by atoms with Crippen molar-refractivity contribution in [3.05, 3.63) is 46.8 Å². The number of nitrogens with two attached hydrogens (primary N) is 1. The van der Waals surface area contributed by atoms with Crippen molar-refractivity contribution >= 4 is 23.4 Å². The van der Waals surface area contributed by atoms with E-state index in [1.165, 1.54) is 36.7 Å². The zero-order valence-electron chi connectivity index (χ0n) is 10.0. The number of carbonyl (C=O) groups excluding carboxylic acids is 1. The summed E-state index contributed by atoms with van der Waals surface area (Å²) in [4.78, 5) is 28.8. The van der Waals surface area contributed by atoms with Gasteiger partial charge in [-0.25, -0.2) is 14.8 Å². The topological polar surface area (TPSA) is 133 Å². The standard InChI is InChI=1S/C11H9N5O4/c12-10-13-5-7(6-14-10)15-11(17)20-9-3-1-8(2-4-9)16(18)19/h1-6H,(H,15,17)(H2,12,13,14). The molecule has 9 nitrogen and oxygen atoms in total. The average molecular weight is 275 g/mol. The van der Waals surface area contributed by atoms with E-state index in [0.29, 0.717) is 5.69 Å². The van der Waals surface area contributed by atoms with E-state index in [1.807, 2.05) is 0 Å². The summed E-state index contributed by atoms with van der Waals surface area (Å²) in [7, 11) is 0. The Bertz CT molecular complexity index is 626. The molecular weight excluding hydrogens is 266 g/mol. The van der Waals surface area contributed by atoms with Gasteiger partial charge in [-0.15, -0.1) is 0 Å². The van der Waals surface area contributed by atoms with Gasteiger partial charge in [-0.05, 0) is 12.1 Å². The predicted molar refractivity (Wildman–Crippen MR) is 69.2 cm³/mol. The van der Waals surface area contributed by atoms with Crippen molar-refractivity contribution in [2.75, 3.05) is 11.1 Å². The van der Waals surface area contributed by atoms with Crippen molar-refractivity contribution in [2.45, 2.75) is 0 Å². The number of nitro benzene ring substituents is 1. The van der Waals surface area contributed by atoms with Crippen LogP contribution in [0.3, 0.4) is 0 Å². The first kappa shape index (κ1) is 13.2. The normalized spacial score (nSPS) is 9.80. The van der Waals surface area contributed by atoms with Gasteiger partial charge >= 0.3 is 6.09 Å². The summed E-state index contributed by atoms with van der Waals surface area (Å²) in [5.41, 5.74) is 5.52. The SMILES string of the molecule is Nc1ncc(NC(=O)Oc2ccc([N+](=O)[O-])cc2)cn1. The monoisotopic (exact) mass is 275 g/mol. The van der Waals surface area contributed by atoms with Crippen LogP contribution in [0.5, 0.6) is 5.75 Å². The van der Waals surface area contributed by atoms with Crippen molar-refractivity contribution in [1.29, 1.82) is 0 Å². The van der Waals surface area contributed by atoms with Gasteiger partial charge in [0, 0.05) is 12.1 Å². The van der Waals surface area contributed by atoms with Gasteiger partial charge in [0.2, 0.25) is 5.95 Å². The van der Waals surface area contributed by atoms with Gasteiger partial charge in [0.15, 0.2) is 0 Å². The van der Waals surface area contributed by atoms with Gasteiger partial charge in [-0.1, -0.05) is 0 Å². The van der Waals surface area contributed by atoms with Gasteiger partial charge in [0.1, 0.15) is 5.75 Å². The van der Waals surface area contributed by atoms with E-state index in [0.717, 1.165) is 0 Å². The highest BCUT2D eigenvalue weighted by Crippen LogP contribution is 2.17. The molecule has 1 aromatic carbocycles. The van der Waals surface area contributed by atoms with Crippen LogP contribution in [0.25, 0.3) is 0 Å². The Labute approximate surface area is 112 Å². The Balaban J connectivity index is 1.97. The molecule has 0 bridgehead atoms. The van der Waals surface area contributed by atoms with Crippen molar-refractivity contribution in [2.24, 2.45) is 0 Å². The fraction of sp³-hybridized carbons (Fsp3) is 0. The first-order valence-corrected chi connectivity index (χ1v) is 5.35. The summed E-state index contributed by atoms with van der Waals surface area (Å²) in [5.74, 6) is 0.253. The Morgan fingerprint density at radius 1 is 1.25 bits per heavy atom. The van der Waals surface area contributed by atoms with Gasteiger partial charge in [-0.3, -0.25) is 15.4 Å². The summed E-state index contributed by atoms with van der Waals surface area (Å²) in [5, 5.41) is 12.8. The van der Waals surface area contributed by atoms with E-state index in [4.69, 9.17) is 10.5 Å². The number of non-ortho nitro benzene ring substituents is 1. The minimum absolute atomic E-state index is 0.0827. The molecule has 0 saturated heterocycles. The molecule has 1 heterocycles. The average Bonchev–Trinajstić information content (AvgIpc) is 2.42. The van der Waals surface area contributed by atoms with E-state index in [9.17, 15) is 14.9 Å². The molecule has 0 aliphatic rings. The van der Waals surface area contributed by atoms with Crippen molar-refractivity contribution < 1.29 is 14.5 Å². The first-order valence-electron chi connectivity index (χ1n) is 5.35. The van der Waals surface area contributed by atoms with Crippen LogP contribution in [0.15, 0.2) is 36.7 Å². The molecule has 2 rings (SSSR count). The maximum absolute atomic E-state index is 11.5. The highest BCUT2D eigenvalue weighted by Gasteiger charge is 2.08. The third kappa shape index (κ3) is 3.38. The second-order valence-electron chi connectivity index (χ2n) is 3.60. The molecule has 0 fully saturated rings. The van der Waals surface area contributed by atoms with Crippen LogP contribution in [0.1, 0.15) is 0 Å². The van der Waals surface area contributed by atoms with Crippen LogP contribution in [-0.4, -0.2) is 21.0 Å². The van der Waals surface area contributed by atoms with E-state index < -0.39 is 11.0 Å². The van der Waals surface area contributed by atoms with Gasteiger partial charge < -0.3 is 10.5 Å². The number of nitro groups is 1. The third-order valence-corrected chi connectivity index (χ3v) is 2.18. The van der Waals surface area contributed by atoms with Crippen LogP contribution in [0, 0.1) is 10.1 Å². The predicted octanol–water partition coefficient (Wildman–Crippen LogP) is 1.58. The zero-order chi connectivity index (χ0) is 14.5. The number of hydrogen-bond acceptors (Lipinski definition) is 7. The number of aromatic nitrogens is 2. The third-order valence-electron chi connectivity index (χ3n) is 2.18. The molecule has 102 valence electrons. The van der Waals surface area contributed by atoms with E-state index in [1.54, 1.807) is 0 Å². The molecule has 0 spiro atoms. The summed E-state index contributed by atoms with van der Waals surface area (Å²) < 4.78 is 4.92. The van der Waals surface area contributed by atoms with E-state index in [-0.39, 0.29) is 17.4 Å². The smallest absolute Gasteiger partial charge is 0.410 e. The van der Waals surface area contributed by atoms with Crippen molar-refractivity contribution in [1.82, 2.24) is 9.97 Å². The molecule has 0 unspecified atom stereocenters. The fourth-order valence-corrected chi connectivity index (χ4v) is 1.29. The van der Waals surface area contributed by atoms with Crippen LogP contribution in [0.4, 0.5) is 22.1 Å². The largest absolute Gasteiger partial charge is 0.417 e. The molecule has 3 N–H and O–H groups in total. The lowest BCUT2D eigenvalue weighted by Gasteiger charge is -2.05. The molecule has 0 saturated carbocycles. The Morgan fingerprint density at radius 2 is 1.85 bits per heavy atom. The van der Waals surface area contributed by atoms with Crippen molar-refractivity contribution in [3.63, 3.8) is 0 Å². The zero-order valence-corrected chi connectivity index (χ0v) is 10.0. The lowest BCUT2D eigenvalue weighted by Crippen LogP contribution is -2.17. The summed E-state index contributed by atoms with van der Waals surface area (Å²) in [6.45, 7) is 0. The fourth-order valence-electron chi connectivity index (χ4n) is 1.29. The molecule has 1 amide bonds. The molecule has 1 aromatic heterocycles. The summed E-state index contributed by atoms with van der Waals surface area (Å²) >= 11 is 0. The number of amides is 1. The molecule has 9 heteroatoms. The molecule has 0 atom stereocenters. The summed E-state index contributed by atoms with van der Waals surface area (Å²) in [6.07, 6.45) is 1.87. The molecule has 20 heavy (non-hydrogen) atoms. The lowest BCUT2D eigenvalue weighted by molar-refractivity contribution is -0.384. The van der Waals surface area contributed by atoms with E-state index in [2.05, 4.69) is 15.3 Å². The van der Waals surface area contributed by atoms with Crippen LogP contribution < -0.4 is 15.8 Å². The maximum atomic E-state index is 11.5. The molecule has 0 aliphatic carbocycles. The quantitative estimate of drug-likeness (QED) is 0.641. The number of nitrogen functional groups attached to an aromatic ring is 1. The van der Waals surface area contributed by atoms with Crippen molar-refractivity contribution in [3.8, 4) is 5.75 Å². The number of rotatable bonds is 3. The second kappa shape index (κ2) is 5.61. The molecular formula is C11H9N5O4. The molecule has 0 radical (unpaired) electrons. The van der Waals surface area contributed by atoms with Gasteiger partial charge in [0.25, 0.3) is 5.69 Å². The summed E-state index contributed by atoms with van der Waals surface area (Å²) in [6, 6.07) is 5.10. The Morgan fingerprint density at radius 3 is 2.40 bits per heavy atom. The van der Waals surface area contributed by atoms with Gasteiger partial charge in [-0.2, -0.15) is 0 Å². The minimum Gasteiger partial charge on any atom is -0.410 e. The highest BCUT2D eigenvalue weighted by atomic mass is 16.6. The number of hydrogen-bond donors (Lipinski definition) is 2. The maximum Gasteiger partial charge on any atom is 0.417 e. The van der Waals surface area contributed by atoms with Crippen LogP contribution in [0.2, 0.25) is 0 Å². The Hall–Kier alpha value is -3.23. The number of anilines is 2. The molecule has 2 aromatic rings. The number of ether oxygens (including phenoxy) is 1. The highest BCUT2D eigenvalue weighted by molar-refractivity contribution is 5.85. The second-order valence-corrected chi connectivity index (χ2v) is 3.60. The number of nitrogens with one attached hydrogen (secondary N) is 1. The van der Waals surface area contributed by atoms with Gasteiger partial charge in [0.05, 0.1) is 23.0 Å². The number of nitrogens with zero attached hydrogens (tertiary/aromatic N) is 3. The number of benzene rings is 1. The lowest BCUT2D eigenvalue weighted by atomic mass is 10.3.